The van der Waals surface area contributed by atoms with Gasteiger partial charge in [0.25, 0.3) is 5.69 Å². The molecule has 4 nitrogen and oxygen atoms in total. The minimum Gasteiger partial charge on any atom is -0.304 e. The molecule has 19 heavy (non-hydrogen) atoms. The standard InChI is InChI=1S/C15H20N2O2/c1-15(16(2)3)10-8-12(9-11-15)13-6-4-5-7-14(13)17(18)19/h4-8H,9-11H2,1-3H3. The molecule has 4 heteroatoms. The largest absolute Gasteiger partial charge is 0.304 e. The van der Waals surface area contributed by atoms with Crippen LogP contribution in [-0.4, -0.2) is 29.5 Å². The van der Waals surface area contributed by atoms with Gasteiger partial charge in [0.2, 0.25) is 0 Å². The van der Waals surface area contributed by atoms with Crippen molar-refractivity contribution in [3.8, 4) is 0 Å². The molecule has 1 aromatic rings. The van der Waals surface area contributed by atoms with E-state index in [1.165, 1.54) is 0 Å². The number of nitrogens with zero attached hydrogens (tertiary/aromatic N) is 2. The zero-order chi connectivity index (χ0) is 14.0. The third-order valence-corrected chi connectivity index (χ3v) is 4.25. The summed E-state index contributed by atoms with van der Waals surface area (Å²) in [6.45, 7) is 2.24. The van der Waals surface area contributed by atoms with E-state index in [9.17, 15) is 10.1 Å². The first kappa shape index (κ1) is 13.7. The van der Waals surface area contributed by atoms with Gasteiger partial charge in [-0.15, -0.1) is 0 Å². The van der Waals surface area contributed by atoms with Crippen molar-refractivity contribution >= 4 is 11.3 Å². The third-order valence-electron chi connectivity index (χ3n) is 4.25. The number of nitro groups is 1. The summed E-state index contributed by atoms with van der Waals surface area (Å²) in [6, 6.07) is 7.01. The van der Waals surface area contributed by atoms with Crippen LogP contribution in [0.1, 0.15) is 31.7 Å². The molecule has 0 bridgehead atoms. The van der Waals surface area contributed by atoms with E-state index in [0.29, 0.717) is 0 Å². The Balaban J connectivity index is 2.31. The SMILES string of the molecule is CN(C)C1(C)CC=C(c2ccccc2[N+](=O)[O-])CC1. The predicted octanol–water partition coefficient (Wildman–Crippen LogP) is 3.48. The van der Waals surface area contributed by atoms with Crippen LogP contribution in [0.5, 0.6) is 0 Å². The van der Waals surface area contributed by atoms with Crippen molar-refractivity contribution in [2.45, 2.75) is 31.7 Å². The van der Waals surface area contributed by atoms with Crippen LogP contribution in [0.3, 0.4) is 0 Å². The van der Waals surface area contributed by atoms with E-state index in [2.05, 4.69) is 32.0 Å². The van der Waals surface area contributed by atoms with Gasteiger partial charge in [0.1, 0.15) is 0 Å². The van der Waals surface area contributed by atoms with Crippen molar-refractivity contribution in [3.05, 3.63) is 46.0 Å². The van der Waals surface area contributed by atoms with Crippen molar-refractivity contribution in [2.24, 2.45) is 0 Å². The van der Waals surface area contributed by atoms with E-state index in [1.54, 1.807) is 12.1 Å². The molecule has 2 rings (SSSR count). The Morgan fingerprint density at radius 1 is 1.32 bits per heavy atom. The molecule has 102 valence electrons. The molecule has 0 saturated carbocycles. The lowest BCUT2D eigenvalue weighted by Crippen LogP contribution is -2.42. The topological polar surface area (TPSA) is 46.4 Å². The summed E-state index contributed by atoms with van der Waals surface area (Å²) in [4.78, 5) is 13.0. The monoisotopic (exact) mass is 260 g/mol. The van der Waals surface area contributed by atoms with Gasteiger partial charge in [0.15, 0.2) is 0 Å². The fourth-order valence-electron chi connectivity index (χ4n) is 2.51. The third kappa shape index (κ3) is 2.68. The van der Waals surface area contributed by atoms with Gasteiger partial charge in [-0.05, 0) is 51.9 Å². The summed E-state index contributed by atoms with van der Waals surface area (Å²) >= 11 is 0. The molecular weight excluding hydrogens is 240 g/mol. The first-order valence-corrected chi connectivity index (χ1v) is 6.54. The van der Waals surface area contributed by atoms with E-state index in [0.717, 1.165) is 30.4 Å². The molecule has 1 unspecified atom stereocenters. The van der Waals surface area contributed by atoms with Crippen molar-refractivity contribution < 1.29 is 4.92 Å². The molecule has 0 N–H and O–H groups in total. The summed E-state index contributed by atoms with van der Waals surface area (Å²) in [5, 5.41) is 11.1. The number of nitro benzene ring substituents is 1. The molecule has 1 aliphatic rings. The van der Waals surface area contributed by atoms with Gasteiger partial charge >= 0.3 is 0 Å². The normalized spacial score (nSPS) is 23.3. The summed E-state index contributed by atoms with van der Waals surface area (Å²) in [7, 11) is 4.17. The molecule has 1 aromatic carbocycles. The second-order valence-corrected chi connectivity index (χ2v) is 5.60. The molecule has 0 heterocycles. The Hall–Kier alpha value is -1.68. The fourth-order valence-corrected chi connectivity index (χ4v) is 2.51. The molecule has 0 amide bonds. The number of hydrogen-bond donors (Lipinski definition) is 0. The maximum absolute atomic E-state index is 11.1. The Morgan fingerprint density at radius 2 is 2.00 bits per heavy atom. The molecule has 0 aliphatic heterocycles. The fraction of sp³-hybridized carbons (Fsp3) is 0.467. The van der Waals surface area contributed by atoms with Crippen LogP contribution in [0, 0.1) is 10.1 Å². The van der Waals surface area contributed by atoms with Crippen molar-refractivity contribution in [3.63, 3.8) is 0 Å². The average molecular weight is 260 g/mol. The van der Waals surface area contributed by atoms with E-state index in [1.807, 2.05) is 12.1 Å². The number of hydrogen-bond acceptors (Lipinski definition) is 3. The number of para-hydroxylation sites is 1. The van der Waals surface area contributed by atoms with Crippen LogP contribution in [0.4, 0.5) is 5.69 Å². The van der Waals surface area contributed by atoms with Crippen LogP contribution >= 0.6 is 0 Å². The van der Waals surface area contributed by atoms with Crippen LogP contribution in [-0.2, 0) is 0 Å². The van der Waals surface area contributed by atoms with Gasteiger partial charge < -0.3 is 4.90 Å². The van der Waals surface area contributed by atoms with Gasteiger partial charge in [0.05, 0.1) is 10.5 Å². The lowest BCUT2D eigenvalue weighted by atomic mass is 9.81. The molecule has 0 fully saturated rings. The second kappa shape index (κ2) is 5.13. The molecule has 0 saturated heterocycles. The summed E-state index contributed by atoms with van der Waals surface area (Å²) < 4.78 is 0. The zero-order valence-corrected chi connectivity index (χ0v) is 11.7. The Bertz CT molecular complexity index is 523. The molecule has 1 atom stereocenters. The lowest BCUT2D eigenvalue weighted by Gasteiger charge is -2.39. The number of benzene rings is 1. The quantitative estimate of drug-likeness (QED) is 0.617. The highest BCUT2D eigenvalue weighted by molar-refractivity contribution is 5.73. The van der Waals surface area contributed by atoms with Gasteiger partial charge in [-0.1, -0.05) is 18.2 Å². The van der Waals surface area contributed by atoms with Crippen LogP contribution in [0.2, 0.25) is 0 Å². The van der Waals surface area contributed by atoms with E-state index in [4.69, 9.17) is 0 Å². The van der Waals surface area contributed by atoms with Gasteiger partial charge in [-0.25, -0.2) is 0 Å². The van der Waals surface area contributed by atoms with Gasteiger partial charge in [-0.2, -0.15) is 0 Å². The number of allylic oxidation sites excluding steroid dienone is 1. The van der Waals surface area contributed by atoms with Crippen LogP contribution < -0.4 is 0 Å². The van der Waals surface area contributed by atoms with E-state index in [-0.39, 0.29) is 16.1 Å². The predicted molar refractivity (Wildman–Crippen MR) is 77.0 cm³/mol. The van der Waals surface area contributed by atoms with Crippen molar-refractivity contribution in [1.82, 2.24) is 4.90 Å². The average Bonchev–Trinajstić information content (AvgIpc) is 2.39. The highest BCUT2D eigenvalue weighted by Gasteiger charge is 2.30. The van der Waals surface area contributed by atoms with Gasteiger partial charge in [-0.3, -0.25) is 10.1 Å². The lowest BCUT2D eigenvalue weighted by molar-refractivity contribution is -0.385. The first-order valence-electron chi connectivity index (χ1n) is 6.54. The minimum atomic E-state index is -0.296. The zero-order valence-electron chi connectivity index (χ0n) is 11.7. The molecule has 1 aliphatic carbocycles. The number of rotatable bonds is 3. The molecule has 0 spiro atoms. The van der Waals surface area contributed by atoms with Crippen molar-refractivity contribution in [1.29, 1.82) is 0 Å². The highest BCUT2D eigenvalue weighted by Crippen LogP contribution is 2.37. The highest BCUT2D eigenvalue weighted by atomic mass is 16.6. The molecule has 0 radical (unpaired) electrons. The van der Waals surface area contributed by atoms with Gasteiger partial charge in [0, 0.05) is 11.6 Å². The Labute approximate surface area is 113 Å². The Morgan fingerprint density at radius 3 is 2.53 bits per heavy atom. The minimum absolute atomic E-state index is 0.160. The summed E-state index contributed by atoms with van der Waals surface area (Å²) in [5.41, 5.74) is 2.25. The van der Waals surface area contributed by atoms with E-state index >= 15 is 0 Å². The summed E-state index contributed by atoms with van der Waals surface area (Å²) in [5.74, 6) is 0. The summed E-state index contributed by atoms with van der Waals surface area (Å²) in [6.07, 6.45) is 5.00. The first-order chi connectivity index (χ1) is 8.94. The molecule has 0 aromatic heterocycles. The van der Waals surface area contributed by atoms with Crippen molar-refractivity contribution in [2.75, 3.05) is 14.1 Å². The van der Waals surface area contributed by atoms with Crippen LogP contribution in [0.25, 0.3) is 5.57 Å². The smallest absolute Gasteiger partial charge is 0.276 e. The maximum Gasteiger partial charge on any atom is 0.276 e. The Kier molecular flexibility index (Phi) is 3.71. The van der Waals surface area contributed by atoms with Crippen LogP contribution in [0.15, 0.2) is 30.3 Å². The second-order valence-electron chi connectivity index (χ2n) is 5.60. The maximum atomic E-state index is 11.1. The molecular formula is C15H20N2O2. The van der Waals surface area contributed by atoms with E-state index < -0.39 is 0 Å².